The average Bonchev–Trinajstić information content (AvgIpc) is 4.16. The fourth-order valence-corrected chi connectivity index (χ4v) is 13.3. The van der Waals surface area contributed by atoms with E-state index in [2.05, 4.69) is 79.1 Å². The number of aromatic nitrogens is 2. The minimum atomic E-state index is -0.800. The number of rotatable bonds is 21. The molecule has 0 bridgehead atoms. The lowest BCUT2D eigenvalue weighted by Gasteiger charge is -2.30. The number of hydrogen-bond donors (Lipinski definition) is 2. The van der Waals surface area contributed by atoms with Gasteiger partial charge in [-0.3, -0.25) is 29.4 Å². The van der Waals surface area contributed by atoms with Gasteiger partial charge in [0.1, 0.15) is 17.8 Å². The molecule has 438 valence electrons. The molecule has 0 saturated carbocycles. The summed E-state index contributed by atoms with van der Waals surface area (Å²) in [6.45, 7) is 16.7. The van der Waals surface area contributed by atoms with E-state index >= 15 is 0 Å². The second-order valence-corrected chi connectivity index (χ2v) is 24.8. The minimum absolute atomic E-state index is 0. The van der Waals surface area contributed by atoms with Gasteiger partial charge >= 0.3 is 11.9 Å². The third-order valence-electron chi connectivity index (χ3n) is 17.8. The highest BCUT2D eigenvalue weighted by molar-refractivity contribution is 5.77. The fourth-order valence-electron chi connectivity index (χ4n) is 13.3. The van der Waals surface area contributed by atoms with Crippen LogP contribution in [-0.4, -0.2) is 114 Å². The van der Waals surface area contributed by atoms with Gasteiger partial charge in [0, 0.05) is 87.0 Å². The van der Waals surface area contributed by atoms with Gasteiger partial charge in [-0.2, -0.15) is 0 Å². The predicted molar refractivity (Wildman–Crippen MR) is 315 cm³/mol. The van der Waals surface area contributed by atoms with Crippen molar-refractivity contribution in [3.05, 3.63) is 122 Å². The molecule has 4 fully saturated rings. The molecule has 80 heavy (non-hydrogen) atoms. The highest BCUT2D eigenvalue weighted by Crippen LogP contribution is 2.40. The monoisotopic (exact) mass is 1100 g/mol. The number of unbranched alkanes of at least 4 members (excludes halogenated alkanes) is 2. The zero-order chi connectivity index (χ0) is 55.5. The Hall–Kier alpha value is -4.76. The molecule has 3 unspecified atom stereocenters. The van der Waals surface area contributed by atoms with E-state index in [9.17, 15) is 19.8 Å². The van der Waals surface area contributed by atoms with Crippen molar-refractivity contribution in [3.8, 4) is 5.75 Å². The summed E-state index contributed by atoms with van der Waals surface area (Å²) < 4.78 is 30.3. The number of carbonyl (C=O) groups is 2. The molecule has 2 aromatic carbocycles. The molecular weight excluding hydrogens is 1000 g/mol. The molecule has 13 nitrogen and oxygen atoms in total. The second-order valence-electron chi connectivity index (χ2n) is 24.8. The average molecular weight is 1100 g/mol. The van der Waals surface area contributed by atoms with Crippen molar-refractivity contribution in [2.75, 3.05) is 59.7 Å². The fraction of sp³-hybridized carbons (Fsp3) is 0.642. The smallest absolute Gasteiger partial charge is 0.325 e. The van der Waals surface area contributed by atoms with Crippen molar-refractivity contribution in [1.29, 1.82) is 0 Å². The van der Waals surface area contributed by atoms with Crippen molar-refractivity contribution in [1.82, 2.24) is 19.8 Å². The predicted octanol–water partition coefficient (Wildman–Crippen LogP) is 13.0. The summed E-state index contributed by atoms with van der Waals surface area (Å²) in [5, 5.41) is 20.6. The molecule has 2 aromatic heterocycles. The van der Waals surface area contributed by atoms with Gasteiger partial charge in [0.05, 0.1) is 31.5 Å². The van der Waals surface area contributed by atoms with E-state index in [0.717, 1.165) is 187 Å². The van der Waals surface area contributed by atoms with Crippen molar-refractivity contribution < 1.29 is 43.5 Å². The van der Waals surface area contributed by atoms with Gasteiger partial charge in [0.25, 0.3) is 0 Å². The van der Waals surface area contributed by atoms with Crippen LogP contribution in [0.2, 0.25) is 0 Å². The number of benzene rings is 2. The number of nitrogens with zero attached hydrogens (tertiary/aromatic N) is 4. The van der Waals surface area contributed by atoms with Gasteiger partial charge in [-0.15, -0.1) is 0 Å². The number of pyridine rings is 2. The first-order valence-corrected chi connectivity index (χ1v) is 30.4. The lowest BCUT2D eigenvalue weighted by Crippen LogP contribution is -2.34. The van der Waals surface area contributed by atoms with Crippen LogP contribution in [0, 0.1) is 25.2 Å². The van der Waals surface area contributed by atoms with E-state index in [0.29, 0.717) is 37.6 Å². The van der Waals surface area contributed by atoms with Crippen LogP contribution in [0.4, 0.5) is 0 Å². The van der Waals surface area contributed by atoms with Gasteiger partial charge in [-0.25, -0.2) is 0 Å². The maximum absolute atomic E-state index is 12.6. The van der Waals surface area contributed by atoms with Gasteiger partial charge in [-0.05, 0) is 187 Å². The summed E-state index contributed by atoms with van der Waals surface area (Å²) in [5.41, 5.74) is 13.9. The van der Waals surface area contributed by atoms with E-state index in [-0.39, 0.29) is 31.8 Å². The topological polar surface area (TPSA) is 153 Å². The second kappa shape index (κ2) is 29.0. The number of carboxylic acid groups (broad SMARTS) is 2. The molecule has 4 aliphatic heterocycles. The van der Waals surface area contributed by atoms with E-state index in [1.165, 1.54) is 41.1 Å². The first kappa shape index (κ1) is 61.3. The van der Waals surface area contributed by atoms with Crippen LogP contribution in [-0.2, 0) is 67.1 Å². The summed E-state index contributed by atoms with van der Waals surface area (Å²) >= 11 is 0. The Labute approximate surface area is 478 Å². The largest absolute Gasteiger partial charge is 0.496 e. The molecule has 4 aromatic rings. The van der Waals surface area contributed by atoms with Crippen LogP contribution < -0.4 is 4.74 Å². The maximum atomic E-state index is 12.6. The minimum Gasteiger partial charge on any atom is -0.496 e. The number of aliphatic carboxylic acids is 2. The van der Waals surface area contributed by atoms with Crippen LogP contribution in [0.3, 0.4) is 0 Å². The molecular formula is C67H96N4O9. The summed E-state index contributed by atoms with van der Waals surface area (Å²) in [6.07, 6.45) is 20.8. The molecule has 2 N–H and O–H groups in total. The maximum Gasteiger partial charge on any atom is 0.325 e. The van der Waals surface area contributed by atoms with Gasteiger partial charge in [0.15, 0.2) is 0 Å². The van der Waals surface area contributed by atoms with Crippen LogP contribution in [0.25, 0.3) is 0 Å². The molecule has 2 aliphatic carbocycles. The Balaban J connectivity index is 0.000000208. The van der Waals surface area contributed by atoms with Crippen molar-refractivity contribution >= 4 is 11.9 Å². The number of carboxylic acids is 2. The molecule has 0 spiro atoms. The Morgan fingerprint density at radius 3 is 1.76 bits per heavy atom. The number of aryl methyl sites for hydroxylation is 5. The summed E-state index contributed by atoms with van der Waals surface area (Å²) in [7, 11) is 1.76. The summed E-state index contributed by atoms with van der Waals surface area (Å²) in [6, 6.07) is 17.7. The molecule has 7 atom stereocenters. The first-order valence-electron chi connectivity index (χ1n) is 30.4. The lowest BCUT2D eigenvalue weighted by molar-refractivity contribution is -0.144. The van der Waals surface area contributed by atoms with Gasteiger partial charge < -0.3 is 33.9 Å². The van der Waals surface area contributed by atoms with Crippen molar-refractivity contribution in [2.24, 2.45) is 11.3 Å². The van der Waals surface area contributed by atoms with Crippen LogP contribution in [0.1, 0.15) is 210 Å². The highest BCUT2D eigenvalue weighted by atomic mass is 16.5. The Morgan fingerprint density at radius 2 is 1.24 bits per heavy atom. The van der Waals surface area contributed by atoms with E-state index in [1.54, 1.807) is 7.11 Å². The quantitative estimate of drug-likeness (QED) is 0.0762. The third kappa shape index (κ3) is 16.1. The van der Waals surface area contributed by atoms with E-state index < -0.39 is 24.0 Å². The number of likely N-dealkylation sites (tertiary alicyclic amines) is 2. The Morgan fingerprint density at radius 1 is 0.688 bits per heavy atom. The Kier molecular flexibility index (Phi) is 22.2. The number of hydrogen-bond acceptors (Lipinski definition) is 11. The summed E-state index contributed by atoms with van der Waals surface area (Å²) in [4.78, 5) is 39.3. The number of ether oxygens (including phenoxy) is 5. The van der Waals surface area contributed by atoms with Crippen LogP contribution >= 0.6 is 0 Å². The Bertz CT molecular complexity index is 2660. The zero-order valence-electron chi connectivity index (χ0n) is 48.6. The molecule has 13 heteroatoms. The standard InChI is InChI=1S/C33H46N2O5.C33H46N2O4.CH4/c1-22-10-12-26(30-9-5-7-17-40-30)28(18-22)32(33(36)37)35-15-14-25(21-35)39-16-6-4-8-24-20-31(38-3)27-13-11-23(2)19-29(27)34-24;1-23-10-13-27(30-9-5-7-19-39-30)28(20-23)31(32(36)37)35-17-15-26(22-35)38-18-6-4-8-25-12-11-24-14-16-33(2,3)21-29(24)34-25;/h10,12,18,20,23,25,30,32H,4-9,11,13-17,19,21H2,1-3H3,(H,36,37);10-13,20,26,30-31H,4-9,14-19,21-22H2,1-3H3,(H,36,37);1H4/t23?,25-,30+,32?;26-,30+,31?;/m11./s1. The highest BCUT2D eigenvalue weighted by Gasteiger charge is 2.39. The van der Waals surface area contributed by atoms with Crippen molar-refractivity contribution in [3.63, 3.8) is 0 Å². The summed E-state index contributed by atoms with van der Waals surface area (Å²) in [5.74, 6) is 0.0806. The van der Waals surface area contributed by atoms with Crippen LogP contribution in [0.15, 0.2) is 54.6 Å². The first-order chi connectivity index (χ1) is 38.2. The normalized spacial score (nSPS) is 23.6. The zero-order valence-corrected chi connectivity index (χ0v) is 48.6. The molecule has 6 aliphatic rings. The van der Waals surface area contributed by atoms with Crippen LogP contribution in [0.5, 0.6) is 5.75 Å². The number of methoxy groups -OCH3 is 1. The number of fused-ring (bicyclic) bond motifs is 2. The molecule has 6 heterocycles. The molecule has 10 rings (SSSR count). The van der Waals surface area contributed by atoms with Crippen molar-refractivity contribution in [2.45, 2.75) is 207 Å². The molecule has 0 amide bonds. The SMILES string of the molecule is C.COc1cc(CCCCO[C@@H]2CCN(C(C(=O)O)c3cc(C)ccc3[C@@H]3CCCCO3)C2)nc2c1CCC(C)C2.Cc1ccc([C@@H]2CCCCO2)c(C(C(=O)O)N2CC[C@@H](OCCCCc3ccc4c(n3)CC(C)(C)CC4)C2)c1. The van der Waals surface area contributed by atoms with Gasteiger partial charge in [0.2, 0.25) is 0 Å². The van der Waals surface area contributed by atoms with E-state index in [4.69, 9.17) is 33.7 Å². The van der Waals surface area contributed by atoms with Gasteiger partial charge in [-0.1, -0.05) is 81.8 Å². The molecule has 0 radical (unpaired) electrons. The third-order valence-corrected chi connectivity index (χ3v) is 17.8. The molecule has 4 saturated heterocycles. The van der Waals surface area contributed by atoms with E-state index in [1.807, 2.05) is 19.9 Å². The lowest BCUT2D eigenvalue weighted by atomic mass is 9.76.